The number of hydrogen-bond donors (Lipinski definition) is 2. The molecule has 0 fully saturated rings. The zero-order valence-corrected chi connectivity index (χ0v) is 8.57. The first kappa shape index (κ1) is 10.9. The van der Waals surface area contributed by atoms with Crippen LogP contribution in [0.5, 0.6) is 5.75 Å². The Morgan fingerprint density at radius 3 is 2.47 bits per heavy atom. The molecule has 86 valence electrons. The summed E-state index contributed by atoms with van der Waals surface area (Å²) in [7, 11) is 0. The fourth-order valence-corrected chi connectivity index (χ4v) is 1.33. The lowest BCUT2D eigenvalue weighted by Crippen LogP contribution is -2.20. The van der Waals surface area contributed by atoms with Crippen molar-refractivity contribution in [3.05, 3.63) is 52.4 Å². The van der Waals surface area contributed by atoms with E-state index in [0.29, 0.717) is 5.69 Å². The van der Waals surface area contributed by atoms with Crippen LogP contribution >= 0.6 is 0 Å². The fourth-order valence-electron chi connectivity index (χ4n) is 1.33. The first-order chi connectivity index (χ1) is 8.09. The van der Waals surface area contributed by atoms with Crippen molar-refractivity contribution >= 4 is 5.97 Å². The summed E-state index contributed by atoms with van der Waals surface area (Å²) in [5.74, 6) is -2.13. The van der Waals surface area contributed by atoms with E-state index in [4.69, 9.17) is 5.11 Å². The fraction of sp³-hybridized carbons (Fsp3) is 0. The number of carbonyl (C=O) groups is 1. The third kappa shape index (κ3) is 2.00. The van der Waals surface area contributed by atoms with E-state index in [0.717, 1.165) is 10.9 Å². The summed E-state index contributed by atoms with van der Waals surface area (Å²) >= 11 is 0. The molecule has 0 saturated heterocycles. The van der Waals surface area contributed by atoms with Gasteiger partial charge in [0.05, 0.1) is 11.9 Å². The van der Waals surface area contributed by atoms with Gasteiger partial charge in [-0.05, 0) is 12.1 Å². The van der Waals surface area contributed by atoms with Crippen LogP contribution in [-0.2, 0) is 0 Å². The van der Waals surface area contributed by atoms with Crippen LogP contribution in [0.4, 0.5) is 0 Å². The zero-order chi connectivity index (χ0) is 12.4. The molecule has 17 heavy (non-hydrogen) atoms. The molecule has 0 unspecified atom stereocenters. The lowest BCUT2D eigenvalue weighted by atomic mass is 10.3. The van der Waals surface area contributed by atoms with Gasteiger partial charge >= 0.3 is 5.97 Å². The number of hydrogen-bond acceptors (Lipinski definition) is 4. The number of aromatic nitrogens is 2. The van der Waals surface area contributed by atoms with E-state index in [1.807, 2.05) is 0 Å². The molecule has 2 N–H and O–H groups in total. The Morgan fingerprint density at radius 1 is 1.24 bits per heavy atom. The second-order valence-corrected chi connectivity index (χ2v) is 3.28. The molecule has 6 nitrogen and oxygen atoms in total. The van der Waals surface area contributed by atoms with E-state index < -0.39 is 22.8 Å². The normalized spacial score (nSPS) is 10.1. The highest BCUT2D eigenvalue weighted by Crippen LogP contribution is 2.08. The Kier molecular flexibility index (Phi) is 2.61. The molecule has 1 aromatic heterocycles. The van der Waals surface area contributed by atoms with Gasteiger partial charge in [0.1, 0.15) is 0 Å². The molecule has 2 rings (SSSR count). The van der Waals surface area contributed by atoms with Gasteiger partial charge in [-0.1, -0.05) is 18.2 Å². The molecule has 0 saturated carbocycles. The van der Waals surface area contributed by atoms with Gasteiger partial charge in [0, 0.05) is 0 Å². The Hall–Kier alpha value is -2.63. The van der Waals surface area contributed by atoms with Crippen LogP contribution in [-0.4, -0.2) is 26.0 Å². The van der Waals surface area contributed by atoms with Crippen molar-refractivity contribution in [2.75, 3.05) is 0 Å². The number of carboxylic acids is 1. The Labute approximate surface area is 95.4 Å². The van der Waals surface area contributed by atoms with E-state index in [1.165, 1.54) is 0 Å². The van der Waals surface area contributed by atoms with Gasteiger partial charge in [-0.15, -0.1) is 0 Å². The lowest BCUT2D eigenvalue weighted by molar-refractivity contribution is 0.0686. The zero-order valence-electron chi connectivity index (χ0n) is 8.57. The summed E-state index contributed by atoms with van der Waals surface area (Å²) in [4.78, 5) is 22.1. The molecule has 0 aliphatic rings. The Bertz CT molecular complexity index is 619. The highest BCUT2D eigenvalue weighted by Gasteiger charge is 2.15. The van der Waals surface area contributed by atoms with Crippen LogP contribution in [0.3, 0.4) is 0 Å². The number of aromatic carboxylic acids is 1. The van der Waals surface area contributed by atoms with Crippen LogP contribution < -0.4 is 5.43 Å². The van der Waals surface area contributed by atoms with Crippen LogP contribution in [0.15, 0.2) is 41.3 Å². The first-order valence-electron chi connectivity index (χ1n) is 4.71. The van der Waals surface area contributed by atoms with E-state index in [2.05, 4.69) is 5.10 Å². The molecular formula is C11H8N2O4. The predicted octanol–water partition coefficient (Wildman–Crippen LogP) is 0.636. The van der Waals surface area contributed by atoms with Crippen LogP contribution in [0, 0.1) is 0 Å². The van der Waals surface area contributed by atoms with E-state index >= 15 is 0 Å². The molecule has 0 spiro atoms. The molecular weight excluding hydrogens is 224 g/mol. The quantitative estimate of drug-likeness (QED) is 0.792. The molecule has 0 bridgehead atoms. The molecule has 1 aromatic carbocycles. The molecule has 0 atom stereocenters. The van der Waals surface area contributed by atoms with Crippen molar-refractivity contribution in [2.45, 2.75) is 0 Å². The maximum atomic E-state index is 11.3. The van der Waals surface area contributed by atoms with Crippen molar-refractivity contribution in [1.29, 1.82) is 0 Å². The van der Waals surface area contributed by atoms with Crippen molar-refractivity contribution in [2.24, 2.45) is 0 Å². The monoisotopic (exact) mass is 232 g/mol. The minimum Gasteiger partial charge on any atom is -0.503 e. The summed E-state index contributed by atoms with van der Waals surface area (Å²) in [6.45, 7) is 0. The third-order valence-corrected chi connectivity index (χ3v) is 2.12. The van der Waals surface area contributed by atoms with E-state index in [1.54, 1.807) is 30.3 Å². The average molecular weight is 232 g/mol. The van der Waals surface area contributed by atoms with Crippen LogP contribution in [0.1, 0.15) is 10.5 Å². The van der Waals surface area contributed by atoms with E-state index in [9.17, 15) is 14.7 Å². The molecule has 0 radical (unpaired) electrons. The summed E-state index contributed by atoms with van der Waals surface area (Å²) < 4.78 is 1.14. The number of aromatic hydroxyl groups is 1. The third-order valence-electron chi connectivity index (χ3n) is 2.12. The maximum Gasteiger partial charge on any atom is 0.360 e. The van der Waals surface area contributed by atoms with Gasteiger partial charge in [-0.25, -0.2) is 9.48 Å². The highest BCUT2D eigenvalue weighted by atomic mass is 16.4. The number of nitrogens with zero attached hydrogens (tertiary/aromatic N) is 2. The molecule has 1 heterocycles. The largest absolute Gasteiger partial charge is 0.503 e. The maximum absolute atomic E-state index is 11.3. The second kappa shape index (κ2) is 4.09. The number of carboxylic acid groups (broad SMARTS) is 1. The van der Waals surface area contributed by atoms with Crippen LogP contribution in [0.2, 0.25) is 0 Å². The molecule has 0 amide bonds. The summed E-state index contributed by atoms with van der Waals surface area (Å²) in [6.07, 6.45) is 1.07. The number of para-hydroxylation sites is 1. The van der Waals surface area contributed by atoms with Crippen LogP contribution in [0.25, 0.3) is 5.69 Å². The van der Waals surface area contributed by atoms with Gasteiger partial charge < -0.3 is 10.2 Å². The minimum absolute atomic E-state index is 0.547. The van der Waals surface area contributed by atoms with Gasteiger partial charge in [0.15, 0.2) is 5.75 Å². The van der Waals surface area contributed by atoms with Gasteiger partial charge in [0.2, 0.25) is 5.69 Å². The average Bonchev–Trinajstić information content (AvgIpc) is 2.33. The van der Waals surface area contributed by atoms with Gasteiger partial charge in [-0.3, -0.25) is 4.79 Å². The van der Waals surface area contributed by atoms with Crippen molar-refractivity contribution in [1.82, 2.24) is 9.78 Å². The Balaban J connectivity index is 2.66. The SMILES string of the molecule is O=C(O)c1nn(-c2ccccc2)cc(O)c1=O. The van der Waals surface area contributed by atoms with Crippen molar-refractivity contribution < 1.29 is 15.0 Å². The standard InChI is InChI=1S/C11H8N2O4/c14-8-6-13(7-4-2-1-3-5-7)12-9(10(8)15)11(16)17/h1-6,14H,(H,16,17). The van der Waals surface area contributed by atoms with Gasteiger partial charge in [0.25, 0.3) is 5.43 Å². The molecule has 0 aliphatic heterocycles. The number of benzene rings is 1. The minimum atomic E-state index is -1.48. The van der Waals surface area contributed by atoms with Gasteiger partial charge in [-0.2, -0.15) is 5.10 Å². The Morgan fingerprint density at radius 2 is 1.88 bits per heavy atom. The van der Waals surface area contributed by atoms with Crippen molar-refractivity contribution in [3.8, 4) is 11.4 Å². The highest BCUT2D eigenvalue weighted by molar-refractivity contribution is 5.85. The molecule has 2 aromatic rings. The molecule has 0 aliphatic carbocycles. The molecule has 6 heteroatoms. The van der Waals surface area contributed by atoms with E-state index in [-0.39, 0.29) is 0 Å². The summed E-state index contributed by atoms with van der Waals surface area (Å²) in [5, 5.41) is 21.8. The topological polar surface area (TPSA) is 92.4 Å². The smallest absolute Gasteiger partial charge is 0.360 e. The second-order valence-electron chi connectivity index (χ2n) is 3.28. The predicted molar refractivity (Wildman–Crippen MR) is 58.5 cm³/mol. The first-order valence-corrected chi connectivity index (χ1v) is 4.71. The summed E-state index contributed by atoms with van der Waals surface area (Å²) in [5.41, 5.74) is -1.16. The number of rotatable bonds is 2. The lowest BCUT2D eigenvalue weighted by Gasteiger charge is -2.06. The summed E-state index contributed by atoms with van der Waals surface area (Å²) in [6, 6.07) is 8.58. The van der Waals surface area contributed by atoms with Crippen molar-refractivity contribution in [3.63, 3.8) is 0 Å².